The SMILES string of the molecule is CCC(C)=O.I[I-]I.[B]C.[V]. The number of ketones is 1. The molecule has 0 saturated carbocycles. The van der Waals surface area contributed by atoms with Crippen LogP contribution in [0, 0.1) is 0 Å². The van der Waals surface area contributed by atoms with Gasteiger partial charge in [-0.05, 0) is 6.92 Å². The first-order valence-corrected chi connectivity index (χ1v) is 15.2. The second-order valence-electron chi connectivity index (χ2n) is 1.11. The normalized spacial score (nSPS) is 5.91. The first kappa shape index (κ1) is 23.4. The van der Waals surface area contributed by atoms with Crippen LogP contribution in [0.15, 0.2) is 0 Å². The molecule has 0 heterocycles. The van der Waals surface area contributed by atoms with Crippen molar-refractivity contribution < 1.29 is 36.6 Å². The van der Waals surface area contributed by atoms with Crippen LogP contribution in [0.4, 0.5) is 0 Å². The van der Waals surface area contributed by atoms with Crippen molar-refractivity contribution in [3.63, 3.8) is 0 Å². The minimum Gasteiger partial charge on any atom is -0.0999 e. The van der Waals surface area contributed by atoms with Crippen LogP contribution in [0.2, 0.25) is 6.82 Å². The summed E-state index contributed by atoms with van der Waals surface area (Å²) in [5, 5.41) is 0. The molecule has 0 atom stereocenters. The fourth-order valence-corrected chi connectivity index (χ4v) is 0. The molecule has 0 N–H and O–H groups in total. The van der Waals surface area contributed by atoms with Gasteiger partial charge >= 0.3 is 50.5 Å². The Balaban J connectivity index is -0.0000000360. The predicted octanol–water partition coefficient (Wildman–Crippen LogP) is -0.0387. The molecule has 0 saturated heterocycles. The van der Waals surface area contributed by atoms with Crippen LogP contribution in [-0.4, -0.2) is 13.6 Å². The van der Waals surface area contributed by atoms with E-state index in [-0.39, 0.29) is 24.3 Å². The van der Waals surface area contributed by atoms with Crippen molar-refractivity contribution >= 4 is 50.9 Å². The summed E-state index contributed by atoms with van der Waals surface area (Å²) in [4.78, 5) is 9.81. The second-order valence-corrected chi connectivity index (χ2v) is 17.4. The average Bonchev–Trinajstić information content (AvgIpc) is 1.94. The van der Waals surface area contributed by atoms with Crippen LogP contribution in [0.3, 0.4) is 0 Å². The zero-order valence-corrected chi connectivity index (χ0v) is 14.6. The smallest absolute Gasteiger partial charge is 0.0606 e. The largest absolute Gasteiger partial charge is 0.0999 e. The minimum atomic E-state index is 0. The van der Waals surface area contributed by atoms with Crippen molar-refractivity contribution in [2.45, 2.75) is 27.1 Å². The quantitative estimate of drug-likeness (QED) is 0.345. The van der Waals surface area contributed by atoms with E-state index < -0.39 is 0 Å². The molecule has 0 spiro atoms. The maximum atomic E-state index is 9.81. The Morgan fingerprint density at radius 3 is 1.55 bits per heavy atom. The van der Waals surface area contributed by atoms with Crippen LogP contribution >= 0.6 is 37.2 Å². The zero-order chi connectivity index (χ0) is 8.99. The molecule has 0 aromatic rings. The summed E-state index contributed by atoms with van der Waals surface area (Å²) in [6, 6.07) is 0. The molecule has 3 radical (unpaired) electrons. The molecule has 1 nitrogen and oxygen atoms in total. The molecule has 0 aliphatic rings. The molecule has 0 aromatic heterocycles. The Labute approximate surface area is 113 Å². The van der Waals surface area contributed by atoms with Crippen molar-refractivity contribution in [1.29, 1.82) is 0 Å². The van der Waals surface area contributed by atoms with E-state index in [1.54, 1.807) is 6.92 Å². The van der Waals surface area contributed by atoms with E-state index in [1.807, 2.05) is 6.92 Å². The van der Waals surface area contributed by atoms with Gasteiger partial charge in [0.25, 0.3) is 0 Å². The molecule has 67 valence electrons. The van der Waals surface area contributed by atoms with E-state index in [0.29, 0.717) is 19.7 Å². The molecule has 0 aliphatic heterocycles. The molecule has 0 fully saturated rings. The summed E-state index contributed by atoms with van der Waals surface area (Å²) in [6.45, 7) is 4.93. The van der Waals surface area contributed by atoms with E-state index in [1.165, 1.54) is 6.82 Å². The van der Waals surface area contributed by atoms with E-state index in [0.717, 1.165) is 0 Å². The summed E-state index contributed by atoms with van der Waals surface area (Å²) >= 11 is 5.30. The third-order valence-corrected chi connectivity index (χ3v) is 0.498. The Hall–Kier alpha value is 2.51. The zero-order valence-electron chi connectivity index (χ0n) is 6.77. The maximum Gasteiger partial charge on any atom is 0.0606 e. The molecule has 11 heavy (non-hydrogen) atoms. The third-order valence-electron chi connectivity index (χ3n) is 0.498. The van der Waals surface area contributed by atoms with Gasteiger partial charge in [0.05, 0.1) is 7.85 Å². The summed E-state index contributed by atoms with van der Waals surface area (Å²) in [5.41, 5.74) is 0. The second kappa shape index (κ2) is 29.4. The number of Topliss-reactive ketones (excluding diaryl/α,β-unsaturated/α-hetero) is 1. The molecule has 0 unspecified atom stereocenters. The van der Waals surface area contributed by atoms with Gasteiger partial charge in [-0.15, -0.1) is 0 Å². The Morgan fingerprint density at radius 1 is 1.45 bits per heavy atom. The van der Waals surface area contributed by atoms with E-state index >= 15 is 0 Å². The van der Waals surface area contributed by atoms with Crippen LogP contribution in [-0.2, 0) is 23.4 Å². The minimum absolute atomic E-state index is 0. The summed E-state index contributed by atoms with van der Waals surface area (Å²) in [7, 11) is 4.50. The predicted molar refractivity (Wildman–Crippen MR) is 60.6 cm³/mol. The monoisotopic (exact) mass is 530 g/mol. The molecule has 0 amide bonds. The van der Waals surface area contributed by atoms with Crippen LogP contribution in [0.25, 0.3) is 0 Å². The number of hydrogen-bond acceptors (Lipinski definition) is 1. The van der Waals surface area contributed by atoms with Crippen molar-refractivity contribution in [1.82, 2.24) is 0 Å². The van der Waals surface area contributed by atoms with Gasteiger partial charge in [0.1, 0.15) is 5.78 Å². The number of hydrogen-bond donors (Lipinski definition) is 0. The molecular weight excluding hydrogens is 519 g/mol. The van der Waals surface area contributed by atoms with Gasteiger partial charge in [0, 0.05) is 25.0 Å². The standard InChI is InChI=1S/C4H8O.CH3B.I3.V/c1-3-4(2)5;1-2;1-3-2;/h3H2,1-2H3;1H3;;/q;;-1;. The van der Waals surface area contributed by atoms with Gasteiger partial charge in [-0.1, -0.05) is 13.7 Å². The summed E-state index contributed by atoms with van der Waals surface area (Å²) < 4.78 is 0. The van der Waals surface area contributed by atoms with Gasteiger partial charge in [-0.25, -0.2) is 0 Å². The van der Waals surface area contributed by atoms with Crippen LogP contribution < -0.4 is 13.3 Å². The Kier molecular flexibility index (Phi) is 62.5. The molecule has 0 rings (SSSR count). The third kappa shape index (κ3) is 67.9. The Bertz CT molecular complexity index is 65.7. The Morgan fingerprint density at radius 2 is 1.55 bits per heavy atom. The van der Waals surface area contributed by atoms with Crippen LogP contribution in [0.5, 0.6) is 0 Å². The molecule has 0 aromatic carbocycles. The summed E-state index contributed by atoms with van der Waals surface area (Å²) in [6.07, 6.45) is 0.667. The topological polar surface area (TPSA) is 17.1 Å². The number of rotatable bonds is 1. The fraction of sp³-hybridized carbons (Fsp3) is 0.800. The van der Waals surface area contributed by atoms with Crippen molar-refractivity contribution in [2.24, 2.45) is 0 Å². The first-order valence-electron chi connectivity index (χ1n) is 2.63. The van der Waals surface area contributed by atoms with Gasteiger partial charge in [0.15, 0.2) is 0 Å². The van der Waals surface area contributed by atoms with Gasteiger partial charge < -0.3 is 4.79 Å². The average molecular weight is 530 g/mol. The van der Waals surface area contributed by atoms with E-state index in [9.17, 15) is 4.79 Å². The maximum absolute atomic E-state index is 9.81. The van der Waals surface area contributed by atoms with Crippen LogP contribution in [0.1, 0.15) is 20.3 Å². The molecule has 0 bridgehead atoms. The van der Waals surface area contributed by atoms with Gasteiger partial charge in [0.2, 0.25) is 0 Å². The summed E-state index contributed by atoms with van der Waals surface area (Å²) in [5.74, 6) is 0.255. The van der Waals surface area contributed by atoms with Crippen molar-refractivity contribution in [3.05, 3.63) is 0 Å². The van der Waals surface area contributed by atoms with E-state index in [2.05, 4.69) is 45.1 Å². The van der Waals surface area contributed by atoms with Gasteiger partial charge in [-0.3, -0.25) is 0 Å². The molecular formula is C5H11BI3OV-. The van der Waals surface area contributed by atoms with Crippen molar-refractivity contribution in [2.75, 3.05) is 0 Å². The van der Waals surface area contributed by atoms with Crippen molar-refractivity contribution in [3.8, 4) is 0 Å². The number of carbonyl (C=O) groups excluding carboxylic acids is 1. The number of carbonyl (C=O) groups is 1. The van der Waals surface area contributed by atoms with Gasteiger partial charge in [-0.2, -0.15) is 0 Å². The molecule has 6 heteroatoms. The van der Waals surface area contributed by atoms with E-state index in [4.69, 9.17) is 0 Å². The fourth-order valence-electron chi connectivity index (χ4n) is 0. The number of halogens is 3. The first-order chi connectivity index (χ1) is 4.68. The molecule has 0 aliphatic carbocycles.